The fourth-order valence-electron chi connectivity index (χ4n) is 8.25. The minimum Gasteiger partial charge on any atom is -0.228 e. The van der Waals surface area contributed by atoms with Crippen LogP contribution in [0.3, 0.4) is 0 Å². The Labute approximate surface area is 297 Å². The second-order valence-electron chi connectivity index (χ2n) is 14.2. The molecule has 0 fully saturated rings. The van der Waals surface area contributed by atoms with E-state index in [-0.39, 0.29) is 5.41 Å². The molecule has 0 spiro atoms. The molecule has 0 atom stereocenters. The van der Waals surface area contributed by atoms with Crippen LogP contribution in [-0.4, -0.2) is 9.97 Å². The first-order valence-electron chi connectivity index (χ1n) is 17.7. The van der Waals surface area contributed by atoms with Crippen molar-refractivity contribution >= 4 is 32.3 Å². The lowest BCUT2D eigenvalue weighted by Crippen LogP contribution is -2.14. The van der Waals surface area contributed by atoms with Crippen molar-refractivity contribution < 1.29 is 0 Å². The van der Waals surface area contributed by atoms with Gasteiger partial charge < -0.3 is 0 Å². The Hall–Kier alpha value is -6.38. The smallest absolute Gasteiger partial charge is 0.161 e. The summed E-state index contributed by atoms with van der Waals surface area (Å²) in [6.45, 7) is 4.67. The normalized spacial score (nSPS) is 13.1. The third kappa shape index (κ3) is 4.71. The van der Waals surface area contributed by atoms with E-state index in [1.54, 1.807) is 0 Å². The van der Waals surface area contributed by atoms with Crippen LogP contribution in [0.4, 0.5) is 0 Å². The zero-order chi connectivity index (χ0) is 34.1. The summed E-state index contributed by atoms with van der Waals surface area (Å²) >= 11 is 0. The number of hydrogen-bond donors (Lipinski definition) is 0. The number of nitrogens with zero attached hydrogens (tertiary/aromatic N) is 2. The van der Waals surface area contributed by atoms with Gasteiger partial charge in [0.2, 0.25) is 0 Å². The fourth-order valence-corrected chi connectivity index (χ4v) is 8.25. The van der Waals surface area contributed by atoms with Gasteiger partial charge in [0.1, 0.15) is 0 Å². The quantitative estimate of drug-likeness (QED) is 0.140. The van der Waals surface area contributed by atoms with Crippen LogP contribution in [0.15, 0.2) is 170 Å². The SMILES string of the molecule is CC1(C)c2ccccc2-c2ccc(-c3ccc(-c4cc(-c5ccccc5)nc(-c5c6ccccc6cc6ccc7ccccc7c56)n4)cc3)cc21. The predicted octanol–water partition coefficient (Wildman–Crippen LogP) is 12.9. The van der Waals surface area contributed by atoms with E-state index >= 15 is 0 Å². The average molecular weight is 651 g/mol. The zero-order valence-electron chi connectivity index (χ0n) is 28.6. The molecule has 0 bridgehead atoms. The number of fused-ring (bicyclic) bond motifs is 7. The summed E-state index contributed by atoms with van der Waals surface area (Å²) in [6, 6.07) is 61.2. The van der Waals surface area contributed by atoms with Crippen LogP contribution in [0, 0.1) is 0 Å². The third-order valence-electron chi connectivity index (χ3n) is 10.9. The molecule has 2 heteroatoms. The van der Waals surface area contributed by atoms with E-state index in [2.05, 4.69) is 178 Å². The second-order valence-corrected chi connectivity index (χ2v) is 14.2. The minimum atomic E-state index is -0.0375. The van der Waals surface area contributed by atoms with Crippen LogP contribution in [0.25, 0.3) is 88.5 Å². The highest BCUT2D eigenvalue weighted by molar-refractivity contribution is 6.21. The molecule has 10 rings (SSSR count). The monoisotopic (exact) mass is 650 g/mol. The van der Waals surface area contributed by atoms with Crippen LogP contribution in [-0.2, 0) is 5.41 Å². The van der Waals surface area contributed by atoms with Gasteiger partial charge in [-0.1, -0.05) is 166 Å². The summed E-state index contributed by atoms with van der Waals surface area (Å²) in [7, 11) is 0. The van der Waals surface area contributed by atoms with Gasteiger partial charge in [0, 0.05) is 27.5 Å². The minimum absolute atomic E-state index is 0.0375. The molecule has 0 N–H and O–H groups in total. The van der Waals surface area contributed by atoms with Gasteiger partial charge in [0.15, 0.2) is 5.82 Å². The van der Waals surface area contributed by atoms with Crippen molar-refractivity contribution in [3.63, 3.8) is 0 Å². The number of aromatic nitrogens is 2. The molecule has 0 unspecified atom stereocenters. The fraction of sp³-hybridized carbons (Fsp3) is 0.0612. The Balaban J connectivity index is 1.15. The van der Waals surface area contributed by atoms with Crippen molar-refractivity contribution in [1.82, 2.24) is 9.97 Å². The molecular formula is C49H34N2. The van der Waals surface area contributed by atoms with Crippen LogP contribution in [0.2, 0.25) is 0 Å². The molecule has 9 aromatic rings. The lowest BCUT2D eigenvalue weighted by molar-refractivity contribution is 0.660. The van der Waals surface area contributed by atoms with Crippen LogP contribution in [0.5, 0.6) is 0 Å². The molecule has 1 heterocycles. The first-order chi connectivity index (χ1) is 25.0. The van der Waals surface area contributed by atoms with Crippen molar-refractivity contribution in [2.45, 2.75) is 19.3 Å². The van der Waals surface area contributed by atoms with Crippen molar-refractivity contribution in [3.05, 3.63) is 181 Å². The van der Waals surface area contributed by atoms with Gasteiger partial charge >= 0.3 is 0 Å². The predicted molar refractivity (Wildman–Crippen MR) is 214 cm³/mol. The van der Waals surface area contributed by atoms with E-state index < -0.39 is 0 Å². The molecule has 0 aliphatic heterocycles. The first kappa shape index (κ1) is 29.5. The van der Waals surface area contributed by atoms with E-state index in [9.17, 15) is 0 Å². The molecule has 2 nitrogen and oxygen atoms in total. The summed E-state index contributed by atoms with van der Waals surface area (Å²) in [5.41, 5.74) is 12.8. The molecule has 240 valence electrons. The lowest BCUT2D eigenvalue weighted by Gasteiger charge is -2.22. The molecule has 1 aliphatic carbocycles. The van der Waals surface area contributed by atoms with Gasteiger partial charge in [-0.15, -0.1) is 0 Å². The highest BCUT2D eigenvalue weighted by Crippen LogP contribution is 2.49. The van der Waals surface area contributed by atoms with E-state index in [0.717, 1.165) is 39.3 Å². The topological polar surface area (TPSA) is 25.8 Å². The number of benzene rings is 8. The van der Waals surface area contributed by atoms with E-state index in [0.29, 0.717) is 0 Å². The maximum atomic E-state index is 5.39. The zero-order valence-corrected chi connectivity index (χ0v) is 28.6. The van der Waals surface area contributed by atoms with Gasteiger partial charge in [-0.2, -0.15) is 0 Å². The summed E-state index contributed by atoms with van der Waals surface area (Å²) in [5.74, 6) is 0.731. The third-order valence-corrected chi connectivity index (χ3v) is 10.9. The Morgan fingerprint density at radius 1 is 0.392 bits per heavy atom. The van der Waals surface area contributed by atoms with Crippen molar-refractivity contribution in [2.75, 3.05) is 0 Å². The Bertz CT molecular complexity index is 2810. The van der Waals surface area contributed by atoms with Crippen LogP contribution < -0.4 is 0 Å². The molecule has 0 radical (unpaired) electrons. The van der Waals surface area contributed by atoms with Crippen molar-refractivity contribution in [3.8, 4) is 56.2 Å². The van der Waals surface area contributed by atoms with Gasteiger partial charge in [0.05, 0.1) is 11.4 Å². The largest absolute Gasteiger partial charge is 0.228 e. The molecule has 1 aromatic heterocycles. The highest BCUT2D eigenvalue weighted by atomic mass is 14.9. The molecule has 0 amide bonds. The van der Waals surface area contributed by atoms with E-state index in [1.165, 1.54) is 60.3 Å². The van der Waals surface area contributed by atoms with Gasteiger partial charge in [-0.25, -0.2) is 9.97 Å². The molecule has 1 aliphatic rings. The Kier molecular flexibility index (Phi) is 6.56. The summed E-state index contributed by atoms with van der Waals surface area (Å²) in [5, 5.41) is 7.10. The standard InChI is InChI=1S/C49H34N2/c1-49(2)42-19-11-10-18-40(42)41-27-26-35(29-43(41)49)31-20-23-34(24-21-31)45-30-44(33-13-4-3-5-14-33)50-48(51-45)47-39-17-9-7-15-36(39)28-37-25-22-32-12-6-8-16-38(32)46(37)47/h3-30H,1-2H3. The summed E-state index contributed by atoms with van der Waals surface area (Å²) < 4.78 is 0. The number of rotatable bonds is 4. The lowest BCUT2D eigenvalue weighted by atomic mass is 9.81. The molecule has 8 aromatic carbocycles. The Morgan fingerprint density at radius 3 is 1.78 bits per heavy atom. The Morgan fingerprint density at radius 2 is 0.980 bits per heavy atom. The van der Waals surface area contributed by atoms with Crippen LogP contribution >= 0.6 is 0 Å². The summed E-state index contributed by atoms with van der Waals surface area (Å²) in [4.78, 5) is 10.7. The van der Waals surface area contributed by atoms with Gasteiger partial charge in [-0.05, 0) is 78.5 Å². The summed E-state index contributed by atoms with van der Waals surface area (Å²) in [6.07, 6.45) is 0. The number of hydrogen-bond acceptors (Lipinski definition) is 2. The van der Waals surface area contributed by atoms with Gasteiger partial charge in [0.25, 0.3) is 0 Å². The molecular weight excluding hydrogens is 617 g/mol. The van der Waals surface area contributed by atoms with E-state index in [4.69, 9.17) is 9.97 Å². The van der Waals surface area contributed by atoms with Crippen molar-refractivity contribution in [1.29, 1.82) is 0 Å². The molecule has 51 heavy (non-hydrogen) atoms. The highest BCUT2D eigenvalue weighted by Gasteiger charge is 2.35. The van der Waals surface area contributed by atoms with Crippen LogP contribution in [0.1, 0.15) is 25.0 Å². The molecule has 0 saturated carbocycles. The first-order valence-corrected chi connectivity index (χ1v) is 17.7. The van der Waals surface area contributed by atoms with Gasteiger partial charge in [-0.3, -0.25) is 0 Å². The average Bonchev–Trinajstić information content (AvgIpc) is 3.42. The maximum absolute atomic E-state index is 5.39. The molecule has 0 saturated heterocycles. The van der Waals surface area contributed by atoms with Crippen molar-refractivity contribution in [2.24, 2.45) is 0 Å². The maximum Gasteiger partial charge on any atom is 0.161 e. The van der Waals surface area contributed by atoms with E-state index in [1.807, 2.05) is 6.07 Å². The second kappa shape index (κ2) is 11.3.